The van der Waals surface area contributed by atoms with Crippen LogP contribution < -0.4 is 10.6 Å². The van der Waals surface area contributed by atoms with Crippen LogP contribution in [-0.4, -0.2) is 59.9 Å². The van der Waals surface area contributed by atoms with Gasteiger partial charge in [-0.05, 0) is 51.7 Å². The largest absolute Gasteiger partial charge is 0.349 e. The average Bonchev–Trinajstić information content (AvgIpc) is 3.53. The number of urea groups is 1. The topological polar surface area (TPSA) is 81.8 Å². The summed E-state index contributed by atoms with van der Waals surface area (Å²) in [6.45, 7) is 6.48. The van der Waals surface area contributed by atoms with E-state index in [1.165, 1.54) is 0 Å². The summed E-state index contributed by atoms with van der Waals surface area (Å²) in [7, 11) is 0. The van der Waals surface area contributed by atoms with Gasteiger partial charge in [0.2, 0.25) is 5.91 Å². The minimum absolute atomic E-state index is 0.0472. The Morgan fingerprint density at radius 1 is 1.04 bits per heavy atom. The zero-order chi connectivity index (χ0) is 20.1. The van der Waals surface area contributed by atoms with Crippen LogP contribution >= 0.6 is 0 Å². The molecular formula is C21H30N4O3. The molecule has 0 spiro atoms. The monoisotopic (exact) mass is 386 g/mol. The lowest BCUT2D eigenvalue weighted by molar-refractivity contribution is -0.121. The standard InChI is InChI=1S/C21H30N4O3/c1-3-24(4-2)21(28)25-13-11-15(12-14-25)19(26)23-18-8-6-5-7-17(18)20(27)22-16-9-10-16/h5-8,15-16H,3-4,9-14H2,1-2H3,(H,22,27)(H,23,26). The second kappa shape index (κ2) is 9.08. The summed E-state index contributed by atoms with van der Waals surface area (Å²) in [5.41, 5.74) is 1.05. The Morgan fingerprint density at radius 2 is 1.68 bits per heavy atom. The number of benzene rings is 1. The van der Waals surface area contributed by atoms with E-state index in [2.05, 4.69) is 10.6 Å². The second-order valence-electron chi connectivity index (χ2n) is 7.50. The second-order valence-corrected chi connectivity index (χ2v) is 7.50. The zero-order valence-electron chi connectivity index (χ0n) is 16.7. The Hall–Kier alpha value is -2.57. The summed E-state index contributed by atoms with van der Waals surface area (Å²) in [5, 5.41) is 5.89. The molecule has 2 fully saturated rings. The van der Waals surface area contributed by atoms with Crippen LogP contribution in [0.15, 0.2) is 24.3 Å². The lowest BCUT2D eigenvalue weighted by atomic mass is 9.95. The molecule has 4 amide bonds. The molecule has 3 rings (SSSR count). The number of nitrogens with one attached hydrogen (secondary N) is 2. The summed E-state index contributed by atoms with van der Waals surface area (Å²) in [6.07, 6.45) is 3.31. The third-order valence-electron chi connectivity index (χ3n) is 5.51. The molecule has 1 aromatic rings. The number of amides is 4. The van der Waals surface area contributed by atoms with E-state index in [-0.39, 0.29) is 29.8 Å². The van der Waals surface area contributed by atoms with Crippen LogP contribution in [-0.2, 0) is 4.79 Å². The maximum absolute atomic E-state index is 12.7. The predicted molar refractivity (Wildman–Crippen MR) is 108 cm³/mol. The predicted octanol–water partition coefficient (Wildman–Crippen LogP) is 2.69. The Kier molecular flexibility index (Phi) is 6.54. The summed E-state index contributed by atoms with van der Waals surface area (Å²) >= 11 is 0. The number of carbonyl (C=O) groups is 3. The highest BCUT2D eigenvalue weighted by Crippen LogP contribution is 2.24. The van der Waals surface area contributed by atoms with E-state index in [0.29, 0.717) is 50.3 Å². The van der Waals surface area contributed by atoms with Gasteiger partial charge in [-0.15, -0.1) is 0 Å². The maximum Gasteiger partial charge on any atom is 0.319 e. The van der Waals surface area contributed by atoms with Gasteiger partial charge >= 0.3 is 6.03 Å². The van der Waals surface area contributed by atoms with Crippen molar-refractivity contribution in [1.82, 2.24) is 15.1 Å². The molecule has 7 heteroatoms. The summed E-state index contributed by atoms with van der Waals surface area (Å²) in [6, 6.07) is 7.43. The first kappa shape index (κ1) is 20.2. The van der Waals surface area contributed by atoms with Crippen molar-refractivity contribution in [3.05, 3.63) is 29.8 Å². The summed E-state index contributed by atoms with van der Waals surface area (Å²) in [4.78, 5) is 41.2. The van der Waals surface area contributed by atoms with E-state index in [1.54, 1.807) is 23.1 Å². The van der Waals surface area contributed by atoms with Crippen LogP contribution in [0.1, 0.15) is 49.9 Å². The van der Waals surface area contributed by atoms with Gasteiger partial charge in [-0.1, -0.05) is 12.1 Å². The number of para-hydroxylation sites is 1. The average molecular weight is 386 g/mol. The van der Waals surface area contributed by atoms with Crippen molar-refractivity contribution >= 4 is 23.5 Å². The molecular weight excluding hydrogens is 356 g/mol. The van der Waals surface area contributed by atoms with Crippen molar-refractivity contribution in [2.75, 3.05) is 31.5 Å². The molecule has 1 saturated heterocycles. The van der Waals surface area contributed by atoms with Gasteiger partial charge in [-0.2, -0.15) is 0 Å². The van der Waals surface area contributed by atoms with Gasteiger partial charge in [0.1, 0.15) is 0 Å². The Morgan fingerprint density at radius 3 is 2.29 bits per heavy atom. The normalized spacial score (nSPS) is 17.1. The molecule has 0 atom stereocenters. The fourth-order valence-electron chi connectivity index (χ4n) is 3.54. The fraction of sp³-hybridized carbons (Fsp3) is 0.571. The van der Waals surface area contributed by atoms with Gasteiger partial charge in [-0.3, -0.25) is 9.59 Å². The highest BCUT2D eigenvalue weighted by Gasteiger charge is 2.30. The molecule has 1 saturated carbocycles. The SMILES string of the molecule is CCN(CC)C(=O)N1CCC(C(=O)Nc2ccccc2C(=O)NC2CC2)CC1. The van der Waals surface area contributed by atoms with E-state index in [1.807, 2.05) is 24.8 Å². The maximum atomic E-state index is 12.7. The van der Waals surface area contributed by atoms with Crippen LogP contribution in [0.4, 0.5) is 10.5 Å². The van der Waals surface area contributed by atoms with E-state index < -0.39 is 0 Å². The van der Waals surface area contributed by atoms with Gasteiger partial charge in [0.25, 0.3) is 5.91 Å². The number of piperidine rings is 1. The first-order chi connectivity index (χ1) is 13.5. The molecule has 0 radical (unpaired) electrons. The summed E-state index contributed by atoms with van der Waals surface area (Å²) in [5.74, 6) is -0.375. The van der Waals surface area contributed by atoms with Crippen molar-refractivity contribution < 1.29 is 14.4 Å². The van der Waals surface area contributed by atoms with Crippen molar-refractivity contribution in [2.45, 2.75) is 45.6 Å². The van der Waals surface area contributed by atoms with Gasteiger partial charge in [0, 0.05) is 38.1 Å². The van der Waals surface area contributed by atoms with Crippen LogP contribution in [0.5, 0.6) is 0 Å². The third kappa shape index (κ3) is 4.82. The van der Waals surface area contributed by atoms with Gasteiger partial charge < -0.3 is 20.4 Å². The Labute approximate surface area is 166 Å². The summed E-state index contributed by atoms with van der Waals surface area (Å²) < 4.78 is 0. The molecule has 1 aliphatic carbocycles. The lowest BCUT2D eigenvalue weighted by Crippen LogP contribution is -2.47. The van der Waals surface area contributed by atoms with Crippen LogP contribution in [0, 0.1) is 5.92 Å². The van der Waals surface area contributed by atoms with Crippen molar-refractivity contribution in [3.63, 3.8) is 0 Å². The van der Waals surface area contributed by atoms with Gasteiger partial charge in [0.05, 0.1) is 11.3 Å². The number of nitrogens with zero attached hydrogens (tertiary/aromatic N) is 2. The quantitative estimate of drug-likeness (QED) is 0.789. The number of carbonyl (C=O) groups excluding carboxylic acids is 3. The van der Waals surface area contributed by atoms with Crippen LogP contribution in [0.2, 0.25) is 0 Å². The number of likely N-dealkylation sites (tertiary alicyclic amines) is 1. The van der Waals surface area contributed by atoms with E-state index in [9.17, 15) is 14.4 Å². The Bertz CT molecular complexity index is 720. The molecule has 1 heterocycles. The molecule has 0 bridgehead atoms. The molecule has 0 aromatic heterocycles. The first-order valence-electron chi connectivity index (χ1n) is 10.3. The number of rotatable bonds is 6. The van der Waals surface area contributed by atoms with Crippen molar-refractivity contribution in [1.29, 1.82) is 0 Å². The molecule has 7 nitrogen and oxygen atoms in total. The molecule has 152 valence electrons. The van der Waals surface area contributed by atoms with Gasteiger partial charge in [-0.25, -0.2) is 4.79 Å². The zero-order valence-corrected chi connectivity index (χ0v) is 16.7. The lowest BCUT2D eigenvalue weighted by Gasteiger charge is -2.34. The molecule has 2 aliphatic rings. The Balaban J connectivity index is 1.56. The highest BCUT2D eigenvalue weighted by molar-refractivity contribution is 6.04. The minimum atomic E-state index is -0.152. The molecule has 28 heavy (non-hydrogen) atoms. The van der Waals surface area contributed by atoms with E-state index >= 15 is 0 Å². The van der Waals surface area contributed by atoms with Crippen LogP contribution in [0.3, 0.4) is 0 Å². The molecule has 1 aromatic carbocycles. The van der Waals surface area contributed by atoms with Crippen molar-refractivity contribution in [3.8, 4) is 0 Å². The van der Waals surface area contributed by atoms with Crippen LogP contribution in [0.25, 0.3) is 0 Å². The highest BCUT2D eigenvalue weighted by atomic mass is 16.2. The molecule has 0 unspecified atom stereocenters. The smallest absolute Gasteiger partial charge is 0.319 e. The number of hydrogen-bond acceptors (Lipinski definition) is 3. The van der Waals surface area contributed by atoms with Gasteiger partial charge in [0.15, 0.2) is 0 Å². The third-order valence-corrected chi connectivity index (χ3v) is 5.51. The molecule has 2 N–H and O–H groups in total. The van der Waals surface area contributed by atoms with Crippen molar-refractivity contribution in [2.24, 2.45) is 5.92 Å². The van der Waals surface area contributed by atoms with E-state index in [0.717, 1.165) is 12.8 Å². The number of hydrogen-bond donors (Lipinski definition) is 2. The first-order valence-corrected chi connectivity index (χ1v) is 10.3. The fourth-order valence-corrected chi connectivity index (χ4v) is 3.54. The van der Waals surface area contributed by atoms with E-state index in [4.69, 9.17) is 0 Å². The minimum Gasteiger partial charge on any atom is -0.349 e. The number of anilines is 1. The molecule has 1 aliphatic heterocycles.